The van der Waals surface area contributed by atoms with Crippen molar-refractivity contribution >= 4 is 10.8 Å². The molecule has 13 heavy (non-hydrogen) atoms. The smallest absolute Gasteiger partial charge is 0.0331 e. The summed E-state index contributed by atoms with van der Waals surface area (Å²) in [6, 6.07) is 0. The van der Waals surface area contributed by atoms with Crippen LogP contribution in [0.5, 0.6) is 0 Å². The van der Waals surface area contributed by atoms with Crippen molar-refractivity contribution in [3.8, 4) is 0 Å². The molecule has 0 aliphatic heterocycles. The first-order valence-corrected chi connectivity index (χ1v) is 6.61. The van der Waals surface area contributed by atoms with Crippen LogP contribution in [0.15, 0.2) is 0 Å². The molecule has 0 aliphatic carbocycles. The summed E-state index contributed by atoms with van der Waals surface area (Å²) >= 11 is 0. The lowest BCUT2D eigenvalue weighted by atomic mass is 10.1. The average Bonchev–Trinajstić information content (AvgIpc) is 2.14. The molecule has 0 aliphatic rings. The van der Waals surface area contributed by atoms with Gasteiger partial charge in [-0.15, -0.1) is 0 Å². The summed E-state index contributed by atoms with van der Waals surface area (Å²) in [6.07, 6.45) is 3.15. The highest BCUT2D eigenvalue weighted by atomic mass is 32.2. The maximum Gasteiger partial charge on any atom is 0.0331 e. The van der Waals surface area contributed by atoms with Crippen molar-refractivity contribution in [3.63, 3.8) is 0 Å². The lowest BCUT2D eigenvalue weighted by Crippen LogP contribution is -2.21. The van der Waals surface area contributed by atoms with Crippen molar-refractivity contribution in [2.75, 3.05) is 12.3 Å². The highest BCUT2D eigenvalue weighted by Crippen LogP contribution is 2.12. The first kappa shape index (κ1) is 13.1. The minimum Gasteiger partial charge on any atom is -0.330 e. The standard InChI is InChI=1S/C10H23NOS/c1-4-10(5-2)8-13(12)9(3)6-7-11/h9-10H,4-8,11H2,1-3H3. The minimum atomic E-state index is -0.674. The highest BCUT2D eigenvalue weighted by Gasteiger charge is 2.14. The van der Waals surface area contributed by atoms with Crippen LogP contribution in [0.25, 0.3) is 0 Å². The second kappa shape index (κ2) is 7.51. The Labute approximate surface area is 84.7 Å². The van der Waals surface area contributed by atoms with Gasteiger partial charge in [-0.3, -0.25) is 4.21 Å². The van der Waals surface area contributed by atoms with E-state index in [9.17, 15) is 4.21 Å². The quantitative estimate of drug-likeness (QED) is 0.690. The van der Waals surface area contributed by atoms with Gasteiger partial charge in [-0.1, -0.05) is 33.6 Å². The molecule has 0 saturated carbocycles. The molecule has 2 unspecified atom stereocenters. The van der Waals surface area contributed by atoms with E-state index in [1.54, 1.807) is 0 Å². The lowest BCUT2D eigenvalue weighted by molar-refractivity contribution is 0.542. The van der Waals surface area contributed by atoms with Gasteiger partial charge >= 0.3 is 0 Å². The highest BCUT2D eigenvalue weighted by molar-refractivity contribution is 7.85. The van der Waals surface area contributed by atoms with Crippen molar-refractivity contribution in [2.45, 2.75) is 45.3 Å². The molecule has 0 saturated heterocycles. The Balaban J connectivity index is 3.83. The van der Waals surface area contributed by atoms with E-state index < -0.39 is 10.8 Å². The molecular formula is C10H23NOS. The van der Waals surface area contributed by atoms with Crippen LogP contribution in [0, 0.1) is 5.92 Å². The van der Waals surface area contributed by atoms with Crippen LogP contribution in [-0.4, -0.2) is 21.8 Å². The van der Waals surface area contributed by atoms with E-state index in [0.717, 1.165) is 25.0 Å². The number of hydrogen-bond acceptors (Lipinski definition) is 2. The number of rotatable bonds is 7. The lowest BCUT2D eigenvalue weighted by Gasteiger charge is -2.15. The summed E-state index contributed by atoms with van der Waals surface area (Å²) in [5.41, 5.74) is 5.43. The Kier molecular flexibility index (Phi) is 7.57. The predicted molar refractivity (Wildman–Crippen MR) is 60.2 cm³/mol. The molecule has 0 aromatic heterocycles. The zero-order valence-electron chi connectivity index (χ0n) is 9.08. The van der Waals surface area contributed by atoms with Crippen molar-refractivity contribution < 1.29 is 4.21 Å². The fourth-order valence-corrected chi connectivity index (χ4v) is 2.95. The number of nitrogens with two attached hydrogens (primary N) is 1. The van der Waals surface area contributed by atoms with Crippen LogP contribution < -0.4 is 5.73 Å². The van der Waals surface area contributed by atoms with E-state index >= 15 is 0 Å². The van der Waals surface area contributed by atoms with Gasteiger partial charge in [0.15, 0.2) is 0 Å². The van der Waals surface area contributed by atoms with Gasteiger partial charge in [0.1, 0.15) is 0 Å². The molecule has 0 fully saturated rings. The fraction of sp³-hybridized carbons (Fsp3) is 1.00. The third-order valence-electron chi connectivity index (χ3n) is 2.58. The van der Waals surface area contributed by atoms with Gasteiger partial charge in [-0.2, -0.15) is 0 Å². The Morgan fingerprint density at radius 1 is 1.31 bits per heavy atom. The van der Waals surface area contributed by atoms with E-state index in [1.165, 1.54) is 0 Å². The van der Waals surface area contributed by atoms with Crippen molar-refractivity contribution in [1.82, 2.24) is 0 Å². The Morgan fingerprint density at radius 2 is 1.85 bits per heavy atom. The largest absolute Gasteiger partial charge is 0.330 e. The molecule has 2 atom stereocenters. The predicted octanol–water partition coefficient (Wildman–Crippen LogP) is 1.91. The summed E-state index contributed by atoms with van der Waals surface area (Å²) in [5.74, 6) is 1.48. The first-order valence-electron chi connectivity index (χ1n) is 5.22. The van der Waals surface area contributed by atoms with Crippen molar-refractivity contribution in [2.24, 2.45) is 11.7 Å². The van der Waals surface area contributed by atoms with Crippen LogP contribution in [0.1, 0.15) is 40.0 Å². The van der Waals surface area contributed by atoms with Gasteiger partial charge in [0.2, 0.25) is 0 Å². The normalized spacial score (nSPS) is 16.1. The van der Waals surface area contributed by atoms with Crippen LogP contribution in [0.3, 0.4) is 0 Å². The zero-order valence-corrected chi connectivity index (χ0v) is 9.90. The minimum absolute atomic E-state index is 0.269. The van der Waals surface area contributed by atoms with E-state index in [-0.39, 0.29) is 5.25 Å². The van der Waals surface area contributed by atoms with Gasteiger partial charge in [0.25, 0.3) is 0 Å². The zero-order chi connectivity index (χ0) is 10.3. The van der Waals surface area contributed by atoms with Crippen LogP contribution in [0.2, 0.25) is 0 Å². The molecular weight excluding hydrogens is 182 g/mol. The number of hydrogen-bond donors (Lipinski definition) is 1. The monoisotopic (exact) mass is 205 g/mol. The van der Waals surface area contributed by atoms with Gasteiger partial charge in [-0.25, -0.2) is 0 Å². The van der Waals surface area contributed by atoms with E-state index in [2.05, 4.69) is 13.8 Å². The molecule has 0 aromatic carbocycles. The maximum atomic E-state index is 11.7. The molecule has 0 aromatic rings. The summed E-state index contributed by atoms with van der Waals surface area (Å²) in [4.78, 5) is 0. The molecule has 2 nitrogen and oxygen atoms in total. The molecule has 0 amide bonds. The molecule has 80 valence electrons. The summed E-state index contributed by atoms with van der Waals surface area (Å²) in [5, 5.41) is 0.269. The van der Waals surface area contributed by atoms with Gasteiger partial charge in [-0.05, 0) is 18.9 Å². The third kappa shape index (κ3) is 5.42. The van der Waals surface area contributed by atoms with E-state index in [4.69, 9.17) is 5.73 Å². The Hall–Kier alpha value is 0.110. The van der Waals surface area contributed by atoms with Crippen molar-refractivity contribution in [1.29, 1.82) is 0 Å². The molecule has 2 N–H and O–H groups in total. The van der Waals surface area contributed by atoms with Gasteiger partial charge in [0, 0.05) is 21.8 Å². The summed E-state index contributed by atoms with van der Waals surface area (Å²) < 4.78 is 11.7. The molecule has 0 bridgehead atoms. The molecule has 0 spiro atoms. The molecule has 0 heterocycles. The van der Waals surface area contributed by atoms with Gasteiger partial charge < -0.3 is 5.73 Å². The van der Waals surface area contributed by atoms with E-state index in [0.29, 0.717) is 12.5 Å². The van der Waals surface area contributed by atoms with Crippen LogP contribution in [0.4, 0.5) is 0 Å². The molecule has 0 radical (unpaired) electrons. The topological polar surface area (TPSA) is 43.1 Å². The van der Waals surface area contributed by atoms with Crippen molar-refractivity contribution in [3.05, 3.63) is 0 Å². The summed E-state index contributed by atoms with van der Waals surface area (Å²) in [6.45, 7) is 7.01. The SMILES string of the molecule is CCC(CC)CS(=O)C(C)CCN. The average molecular weight is 205 g/mol. The third-order valence-corrected chi connectivity index (χ3v) is 4.51. The second-order valence-electron chi connectivity index (χ2n) is 3.62. The second-order valence-corrected chi connectivity index (χ2v) is 5.52. The molecule has 3 heteroatoms. The van der Waals surface area contributed by atoms with Crippen LogP contribution >= 0.6 is 0 Å². The molecule has 0 rings (SSSR count). The maximum absolute atomic E-state index is 11.7. The van der Waals surface area contributed by atoms with Gasteiger partial charge in [0.05, 0.1) is 0 Å². The summed E-state index contributed by atoms with van der Waals surface area (Å²) in [7, 11) is -0.674. The fourth-order valence-electron chi connectivity index (χ4n) is 1.29. The Morgan fingerprint density at radius 3 is 2.23 bits per heavy atom. The first-order chi connectivity index (χ1) is 6.15. The van der Waals surface area contributed by atoms with Crippen LogP contribution in [-0.2, 0) is 10.8 Å². The van der Waals surface area contributed by atoms with E-state index in [1.807, 2.05) is 6.92 Å². The Bertz CT molecular complexity index is 146.